The number of hydrogen-bond acceptors (Lipinski definition) is 32. The van der Waals surface area contributed by atoms with Crippen molar-refractivity contribution in [3.63, 3.8) is 0 Å². The summed E-state index contributed by atoms with van der Waals surface area (Å²) in [7, 11) is 5.24. The third-order valence-electron chi connectivity index (χ3n) is 32.7. The van der Waals surface area contributed by atoms with Crippen LogP contribution in [-0.2, 0) is 114 Å². The van der Waals surface area contributed by atoms with Crippen LogP contribution < -0.4 is 21.7 Å². The van der Waals surface area contributed by atoms with Gasteiger partial charge in [-0.2, -0.15) is 0 Å². The van der Waals surface area contributed by atoms with Crippen molar-refractivity contribution in [2.45, 2.75) is 221 Å². The Kier molecular flexibility index (Phi) is 28.0. The standard InChI is InChI=1S/C28H31NO8.2C24H31NO8.C22H27NO8/c1-27-11-9-18-25(32)36-21(16-10-12-35-15-16)14-28(18,2)23(27)22(30)20(13-19(27)24(31)34-3)37-26(33)29-17-7-5-4-6-8-17;2*1-5-25-22(29)33-16-10-15(20(27)30-4)23(2)8-6-14-21(28)32-17(13-7-9-31-12-13)11-24(14,3)19(23)18(16)26;1-21-6-4-12-19(26)30-15(11-5-7-29-10-11)9-22(12,2)17(21)16(24)14(31-20(23)27)8-13(21)18(25)28-3/h4-8,10,12,15,18-21,23H,9,11,13-14H2,1-3H3,(H,29,33);2*7,9,12,14-17,19H,5-6,8,10-11H2,1-4H3,(H,25,29);5,7,10,12-15,17H,4,6,8-9H2,1-3H3,(H2,23,27)/t18-,19-,20-,21-,23?,27-,28-;14-,15-,16+,17-,19?,23-,24-;14-,15-,16-,17-,19?,23-,24-;12-,13-,14+,15-,17?,21-,22-/m0000/s1. The van der Waals surface area contributed by atoms with Crippen LogP contribution in [-0.4, -0.2) is 161 Å². The molecule has 4 aliphatic heterocycles. The van der Waals surface area contributed by atoms with Crippen LogP contribution in [0.3, 0.4) is 0 Å². The largest absolute Gasteiger partial charge is 0.472 e. The van der Waals surface area contributed by atoms with Crippen LogP contribution in [0.25, 0.3) is 0 Å². The molecule has 28 atom stereocenters. The number of carbonyl (C=O) groups is 16. The van der Waals surface area contributed by atoms with Crippen LogP contribution >= 0.6 is 0 Å². The van der Waals surface area contributed by atoms with Gasteiger partial charge < -0.3 is 90.9 Å². The first-order chi connectivity index (χ1) is 63.6. The Morgan fingerprint density at radius 1 is 0.351 bits per heavy atom. The molecule has 4 amide bonds. The third-order valence-corrected chi connectivity index (χ3v) is 32.7. The number of alkyl carbamates (subject to hydrolysis) is 2. The van der Waals surface area contributed by atoms with Gasteiger partial charge in [0.05, 0.1) is 126 Å². The SMILES string of the molecule is CCNC(=O)O[C@@H]1C[C@@H](C(=O)OC)[C@]2(C)CC[C@H]3C(=O)O[C@H](c4ccoc4)C[C@]3(C)C2C1=O.CCNC(=O)O[C@H]1C[C@@H](C(=O)OC)[C@]2(C)CC[C@H]3C(=O)O[C@H](c4ccoc4)C[C@]3(C)C2C1=O.COC(=O)[C@@H]1C[C@@H](OC(N)=O)C(=O)C2[C@@]1(C)CC[C@H]1C(=O)O[C@H](c3ccoc3)C[C@]21C.COC(=O)[C@@H]1C[C@H](OC(=O)Nc2ccccc2)C(=O)C2[C@@]1(C)CC[C@H]1C(=O)O[C@H](c3ccoc3)C[C@]21C. The number of hydrogen-bond donors (Lipinski definition) is 4. The molecule has 0 spiro atoms. The van der Waals surface area contributed by atoms with Crippen LogP contribution in [0, 0.1) is 114 Å². The van der Waals surface area contributed by atoms with E-state index in [1.165, 1.54) is 78.5 Å². The number of esters is 8. The number of Topliss-reactive ketones (excluding diaryl/α,β-unsaturated/α-hetero) is 4. The number of nitrogens with two attached hydrogens (primary N) is 1. The maximum atomic E-state index is 14.1. The molecule has 12 aliphatic rings. The Balaban J connectivity index is 0.000000144. The van der Waals surface area contributed by atoms with E-state index in [9.17, 15) is 76.7 Å². The molecule has 8 aliphatic carbocycles. The van der Waals surface area contributed by atoms with Crippen LogP contribution in [0.5, 0.6) is 0 Å². The van der Waals surface area contributed by atoms with Gasteiger partial charge in [0.2, 0.25) is 0 Å². The van der Waals surface area contributed by atoms with Gasteiger partial charge in [0, 0.05) is 90.4 Å². The fraction of sp³-hybridized carbons (Fsp3) is 0.612. The van der Waals surface area contributed by atoms with Crippen molar-refractivity contribution in [2.24, 2.45) is 120 Å². The molecular formula is C98H120N4O32. The Labute approximate surface area is 773 Å². The van der Waals surface area contributed by atoms with E-state index >= 15 is 0 Å². The van der Waals surface area contributed by atoms with Crippen LogP contribution in [0.2, 0.25) is 0 Å². The molecule has 8 heterocycles. The molecule has 724 valence electrons. The molecule has 4 saturated heterocycles. The number of ketones is 4. The van der Waals surface area contributed by atoms with E-state index in [-0.39, 0.29) is 72.7 Å². The molecule has 1 aromatic carbocycles. The highest BCUT2D eigenvalue weighted by Crippen LogP contribution is 2.71. The number of ether oxygens (including phenoxy) is 12. The number of anilines is 1. The van der Waals surface area contributed by atoms with E-state index in [0.29, 0.717) is 107 Å². The lowest BCUT2D eigenvalue weighted by Gasteiger charge is -2.60. The average Bonchev–Trinajstić information content (AvgIpc) is 0.852. The maximum absolute atomic E-state index is 14.1. The van der Waals surface area contributed by atoms with Crippen molar-refractivity contribution >= 4 is 101 Å². The number of amides is 4. The number of methoxy groups -OCH3 is 4. The van der Waals surface area contributed by atoms with E-state index in [1.54, 1.807) is 62.4 Å². The zero-order valence-corrected chi connectivity index (χ0v) is 77.7. The Morgan fingerprint density at radius 2 is 0.597 bits per heavy atom. The predicted molar refractivity (Wildman–Crippen MR) is 462 cm³/mol. The number of cyclic esters (lactones) is 4. The number of carbonyl (C=O) groups excluding carboxylic acids is 16. The highest BCUT2D eigenvalue weighted by Gasteiger charge is 2.73. The maximum Gasteiger partial charge on any atom is 0.412 e. The molecule has 12 fully saturated rings. The topological polar surface area (TPSA) is 499 Å². The van der Waals surface area contributed by atoms with Gasteiger partial charge in [0.15, 0.2) is 47.5 Å². The molecule has 0 bridgehead atoms. The van der Waals surface area contributed by atoms with Crippen molar-refractivity contribution < 1.29 is 151 Å². The van der Waals surface area contributed by atoms with E-state index in [0.717, 1.165) is 11.1 Å². The van der Waals surface area contributed by atoms with Gasteiger partial charge in [-0.3, -0.25) is 62.9 Å². The van der Waals surface area contributed by atoms with Crippen molar-refractivity contribution in [3.05, 3.63) is 127 Å². The van der Waals surface area contributed by atoms with Gasteiger partial charge in [-0.25, -0.2) is 19.2 Å². The van der Waals surface area contributed by atoms with Crippen LogP contribution in [0.15, 0.2) is 122 Å². The highest BCUT2D eigenvalue weighted by atomic mass is 16.6. The summed E-state index contributed by atoms with van der Waals surface area (Å²) in [6.07, 6.45) is 7.69. The average molecular weight is 1870 g/mol. The molecule has 0 radical (unpaired) electrons. The van der Waals surface area contributed by atoms with Crippen LogP contribution in [0.4, 0.5) is 24.9 Å². The molecule has 5 aromatic rings. The Hall–Kier alpha value is -12.1. The van der Waals surface area contributed by atoms with E-state index in [1.807, 2.05) is 61.5 Å². The summed E-state index contributed by atoms with van der Waals surface area (Å²) in [6, 6.07) is 15.7. The minimum absolute atomic E-state index is 0.0117. The zero-order chi connectivity index (χ0) is 96.9. The first-order valence-corrected chi connectivity index (χ1v) is 45.8. The summed E-state index contributed by atoms with van der Waals surface area (Å²) in [5, 5.41) is 7.71. The fourth-order valence-electron chi connectivity index (χ4n) is 26.6. The van der Waals surface area contributed by atoms with Gasteiger partial charge >= 0.3 is 72.1 Å². The first kappa shape index (κ1) is 97.9. The van der Waals surface area contributed by atoms with Gasteiger partial charge in [0.1, 0.15) is 24.4 Å². The number of primary amides is 1. The lowest BCUT2D eigenvalue weighted by molar-refractivity contribution is -0.209. The van der Waals surface area contributed by atoms with E-state index in [4.69, 9.17) is 80.2 Å². The predicted octanol–water partition coefficient (Wildman–Crippen LogP) is 13.6. The van der Waals surface area contributed by atoms with Crippen molar-refractivity contribution in [1.82, 2.24) is 10.6 Å². The minimum atomic E-state index is -1.17. The monoisotopic (exact) mass is 1860 g/mol. The molecule has 5 N–H and O–H groups in total. The molecule has 36 nitrogen and oxygen atoms in total. The summed E-state index contributed by atoms with van der Waals surface area (Å²) < 4.78 is 85.8. The molecule has 8 saturated carbocycles. The summed E-state index contributed by atoms with van der Waals surface area (Å²) in [5.74, 6) is -11.8. The second-order valence-electron chi connectivity index (χ2n) is 39.9. The van der Waals surface area contributed by atoms with Crippen molar-refractivity contribution in [1.29, 1.82) is 0 Å². The zero-order valence-electron chi connectivity index (χ0n) is 77.7. The lowest BCUT2D eigenvalue weighted by atomic mass is 9.43. The normalized spacial score (nSPS) is 37.5. The molecule has 36 heteroatoms. The molecule has 4 aromatic heterocycles. The highest BCUT2D eigenvalue weighted by molar-refractivity contribution is 5.98. The van der Waals surface area contributed by atoms with Gasteiger partial charge in [-0.05, 0) is 171 Å². The molecular weight excluding hydrogens is 1750 g/mol. The van der Waals surface area contributed by atoms with E-state index in [2.05, 4.69) is 16.0 Å². The first-order valence-electron chi connectivity index (χ1n) is 45.8. The fourth-order valence-corrected chi connectivity index (χ4v) is 26.6. The number of fused-ring (bicyclic) bond motifs is 12. The smallest absolute Gasteiger partial charge is 0.412 e. The van der Waals surface area contributed by atoms with Crippen LogP contribution in [0.1, 0.15) is 219 Å². The summed E-state index contributed by atoms with van der Waals surface area (Å²) >= 11 is 0. The number of nitrogens with one attached hydrogen (secondary N) is 3. The second kappa shape index (κ2) is 38.3. The number of furan rings is 4. The summed E-state index contributed by atoms with van der Waals surface area (Å²) in [6.45, 7) is 19.5. The molecule has 17 rings (SSSR count). The summed E-state index contributed by atoms with van der Waals surface area (Å²) in [4.78, 5) is 208. The summed E-state index contributed by atoms with van der Waals surface area (Å²) in [5.41, 5.74) is 2.34. The van der Waals surface area contributed by atoms with E-state index < -0.39 is 211 Å². The number of para-hydroxylation sites is 1. The second-order valence-corrected chi connectivity index (χ2v) is 39.9. The third kappa shape index (κ3) is 17.6. The van der Waals surface area contributed by atoms with Gasteiger partial charge in [0.25, 0.3) is 0 Å². The van der Waals surface area contributed by atoms with Crippen molar-refractivity contribution in [3.8, 4) is 0 Å². The van der Waals surface area contributed by atoms with Crippen molar-refractivity contribution in [2.75, 3.05) is 46.8 Å². The number of rotatable bonds is 15. The Morgan fingerprint density at radius 3 is 0.821 bits per heavy atom. The van der Waals surface area contributed by atoms with Gasteiger partial charge in [-0.15, -0.1) is 0 Å². The quantitative estimate of drug-likeness (QED) is 0.0558. The number of benzene rings is 1. The lowest BCUT2D eigenvalue weighted by Crippen LogP contribution is -2.65. The Bertz CT molecular complexity index is 5110. The minimum Gasteiger partial charge on any atom is -0.472 e. The molecule has 134 heavy (non-hydrogen) atoms. The molecule has 4 unspecified atom stereocenters. The van der Waals surface area contributed by atoms with Gasteiger partial charge in [-0.1, -0.05) is 73.6 Å².